The van der Waals surface area contributed by atoms with Crippen molar-refractivity contribution in [1.82, 2.24) is 9.55 Å². The smallest absolute Gasteiger partial charge is 0.227 e. The molecule has 0 aliphatic heterocycles. The molecule has 2 aromatic heterocycles. The molecule has 9 aromatic carbocycles. The van der Waals surface area contributed by atoms with Crippen LogP contribution in [0.3, 0.4) is 0 Å². The highest BCUT2D eigenvalue weighted by molar-refractivity contribution is 6.25. The fourth-order valence-electron chi connectivity index (χ4n) is 8.36. The maximum atomic E-state index is 6.73. The third kappa shape index (κ3) is 5.58. The van der Waals surface area contributed by atoms with E-state index in [2.05, 4.69) is 185 Å². The van der Waals surface area contributed by atoms with Crippen LogP contribution >= 0.6 is 0 Å². The molecule has 11 rings (SSSR count). The van der Waals surface area contributed by atoms with E-state index in [1.165, 1.54) is 32.8 Å². The van der Waals surface area contributed by atoms with Crippen LogP contribution in [-0.2, 0) is 0 Å². The molecule has 11 aromatic rings. The van der Waals surface area contributed by atoms with Crippen LogP contribution < -0.4 is 4.90 Å². The van der Waals surface area contributed by atoms with Gasteiger partial charge in [-0.2, -0.15) is 0 Å². The number of benzene rings is 9. The summed E-state index contributed by atoms with van der Waals surface area (Å²) in [4.78, 5) is 7.34. The average molecular weight is 730 g/mol. The van der Waals surface area contributed by atoms with Gasteiger partial charge in [0, 0.05) is 33.1 Å². The Morgan fingerprint density at radius 1 is 0.404 bits per heavy atom. The Morgan fingerprint density at radius 2 is 0.947 bits per heavy atom. The van der Waals surface area contributed by atoms with Crippen LogP contribution in [0.15, 0.2) is 217 Å². The van der Waals surface area contributed by atoms with Gasteiger partial charge < -0.3 is 13.9 Å². The third-order valence-corrected chi connectivity index (χ3v) is 11.0. The van der Waals surface area contributed by atoms with E-state index < -0.39 is 0 Å². The van der Waals surface area contributed by atoms with Crippen molar-refractivity contribution in [3.05, 3.63) is 212 Å². The minimum atomic E-state index is 0.594. The summed E-state index contributed by atoms with van der Waals surface area (Å²) in [5.74, 6) is 0.594. The molecule has 0 amide bonds. The molecule has 0 N–H and O–H groups in total. The Hall–Kier alpha value is -7.69. The number of hydrogen-bond acceptors (Lipinski definition) is 3. The summed E-state index contributed by atoms with van der Waals surface area (Å²) in [6.07, 6.45) is 0. The molecule has 0 saturated carbocycles. The summed E-state index contributed by atoms with van der Waals surface area (Å²) in [5, 5.41) is 4.78. The Bertz CT molecular complexity index is 3200. The molecule has 2 heterocycles. The zero-order valence-corrected chi connectivity index (χ0v) is 31.0. The summed E-state index contributed by atoms with van der Waals surface area (Å²) in [6, 6.07) is 75.1. The molecule has 0 unspecified atom stereocenters. The summed E-state index contributed by atoms with van der Waals surface area (Å²) in [7, 11) is 0. The standard InChI is InChI=1S/C53H35N3O/c1-4-15-36(16-5-1)37-27-29-38(30-28-37)39-31-33-42(34-32-39)56(48-26-14-24-46-52(48)57-53(54-46)40-17-6-2-7-18-40)49-35-50-51(44-22-11-10-21-43(44)49)45-23-12-13-25-47(45)55(50)41-19-8-3-9-20-41/h1-35H. The molecule has 0 spiro atoms. The van der Waals surface area contributed by atoms with E-state index in [0.29, 0.717) is 5.89 Å². The van der Waals surface area contributed by atoms with Crippen LogP contribution in [0, 0.1) is 0 Å². The average Bonchev–Trinajstić information content (AvgIpc) is 3.88. The molecule has 4 nitrogen and oxygen atoms in total. The van der Waals surface area contributed by atoms with E-state index in [-0.39, 0.29) is 0 Å². The molecule has 0 saturated heterocycles. The molecular formula is C53H35N3O. The molecule has 268 valence electrons. The van der Waals surface area contributed by atoms with E-state index >= 15 is 0 Å². The van der Waals surface area contributed by atoms with Crippen molar-refractivity contribution in [1.29, 1.82) is 0 Å². The van der Waals surface area contributed by atoms with Crippen molar-refractivity contribution in [3.63, 3.8) is 0 Å². The molecule has 57 heavy (non-hydrogen) atoms. The second-order valence-electron chi connectivity index (χ2n) is 14.4. The van der Waals surface area contributed by atoms with Gasteiger partial charge in [-0.15, -0.1) is 0 Å². The van der Waals surface area contributed by atoms with Gasteiger partial charge in [0.2, 0.25) is 5.89 Å². The van der Waals surface area contributed by atoms with Crippen LogP contribution in [0.25, 0.3) is 83.1 Å². The number of fused-ring (bicyclic) bond motifs is 6. The SMILES string of the molecule is c1ccc(-c2ccc(-c3ccc(N(c4cc5c(c6ccccc46)c4ccccc4n5-c4ccccc4)c4cccc5nc(-c6ccccc6)oc45)cc3)cc2)cc1. The number of rotatable bonds is 7. The fourth-order valence-corrected chi connectivity index (χ4v) is 8.36. The number of nitrogens with zero attached hydrogens (tertiary/aromatic N) is 3. The van der Waals surface area contributed by atoms with Gasteiger partial charge in [0.15, 0.2) is 5.58 Å². The predicted molar refractivity (Wildman–Crippen MR) is 237 cm³/mol. The number of hydrogen-bond donors (Lipinski definition) is 0. The summed E-state index contributed by atoms with van der Waals surface area (Å²) < 4.78 is 9.12. The van der Waals surface area contributed by atoms with Gasteiger partial charge in [-0.3, -0.25) is 0 Å². The van der Waals surface area contributed by atoms with E-state index in [1.54, 1.807) is 0 Å². The lowest BCUT2D eigenvalue weighted by atomic mass is 9.99. The number of para-hydroxylation sites is 3. The number of oxazole rings is 1. The second-order valence-corrected chi connectivity index (χ2v) is 14.4. The first kappa shape index (κ1) is 32.7. The van der Waals surface area contributed by atoms with Crippen molar-refractivity contribution in [2.45, 2.75) is 0 Å². The molecule has 0 bridgehead atoms. The molecular weight excluding hydrogens is 695 g/mol. The highest BCUT2D eigenvalue weighted by Crippen LogP contribution is 2.47. The van der Waals surface area contributed by atoms with Gasteiger partial charge in [-0.25, -0.2) is 4.98 Å². The molecule has 0 aliphatic rings. The highest BCUT2D eigenvalue weighted by Gasteiger charge is 2.24. The maximum absolute atomic E-state index is 6.73. The summed E-state index contributed by atoms with van der Waals surface area (Å²) in [5.41, 5.74) is 13.6. The van der Waals surface area contributed by atoms with Gasteiger partial charge in [0.05, 0.1) is 22.4 Å². The van der Waals surface area contributed by atoms with E-state index in [1.807, 2.05) is 36.4 Å². The van der Waals surface area contributed by atoms with Crippen LogP contribution in [0.4, 0.5) is 17.1 Å². The van der Waals surface area contributed by atoms with Gasteiger partial charge in [0.1, 0.15) is 5.52 Å². The van der Waals surface area contributed by atoms with Crippen LogP contribution in [0.5, 0.6) is 0 Å². The Kier molecular flexibility index (Phi) is 7.78. The highest BCUT2D eigenvalue weighted by atomic mass is 16.3. The number of aromatic nitrogens is 2. The monoisotopic (exact) mass is 729 g/mol. The van der Waals surface area contributed by atoms with E-state index in [9.17, 15) is 0 Å². The molecule has 0 atom stereocenters. The quantitative estimate of drug-likeness (QED) is 0.164. The van der Waals surface area contributed by atoms with Gasteiger partial charge in [-0.05, 0) is 88.3 Å². The first-order valence-corrected chi connectivity index (χ1v) is 19.3. The second kappa shape index (κ2) is 13.6. The van der Waals surface area contributed by atoms with Crippen molar-refractivity contribution in [2.24, 2.45) is 0 Å². The maximum Gasteiger partial charge on any atom is 0.227 e. The third-order valence-electron chi connectivity index (χ3n) is 11.0. The van der Waals surface area contributed by atoms with Gasteiger partial charge >= 0.3 is 0 Å². The first-order valence-electron chi connectivity index (χ1n) is 19.3. The first-order chi connectivity index (χ1) is 28.3. The molecule has 0 aliphatic carbocycles. The Morgan fingerprint density at radius 3 is 1.63 bits per heavy atom. The lowest BCUT2D eigenvalue weighted by molar-refractivity contribution is 0.620. The number of anilines is 3. The zero-order valence-electron chi connectivity index (χ0n) is 31.0. The van der Waals surface area contributed by atoms with Crippen LogP contribution in [0.2, 0.25) is 0 Å². The Labute approximate surface area is 330 Å². The lowest BCUT2D eigenvalue weighted by Gasteiger charge is -2.27. The van der Waals surface area contributed by atoms with E-state index in [4.69, 9.17) is 9.40 Å². The molecule has 0 radical (unpaired) electrons. The minimum absolute atomic E-state index is 0.594. The van der Waals surface area contributed by atoms with Crippen molar-refractivity contribution in [3.8, 4) is 39.4 Å². The summed E-state index contributed by atoms with van der Waals surface area (Å²) in [6.45, 7) is 0. The van der Waals surface area contributed by atoms with Gasteiger partial charge in [-0.1, -0.05) is 152 Å². The normalized spacial score (nSPS) is 11.5. The lowest BCUT2D eigenvalue weighted by Crippen LogP contribution is -2.11. The minimum Gasteiger partial charge on any atom is -0.434 e. The largest absolute Gasteiger partial charge is 0.434 e. The fraction of sp³-hybridized carbons (Fsp3) is 0. The van der Waals surface area contributed by atoms with Crippen molar-refractivity contribution in [2.75, 3.05) is 4.90 Å². The van der Waals surface area contributed by atoms with Crippen molar-refractivity contribution < 1.29 is 4.42 Å². The van der Waals surface area contributed by atoms with Crippen LogP contribution in [0.1, 0.15) is 0 Å². The van der Waals surface area contributed by atoms with Crippen molar-refractivity contribution >= 4 is 60.7 Å². The predicted octanol–water partition coefficient (Wildman–Crippen LogP) is 14.5. The topological polar surface area (TPSA) is 34.2 Å². The zero-order chi connectivity index (χ0) is 37.7. The molecule has 4 heteroatoms. The van der Waals surface area contributed by atoms with Gasteiger partial charge in [0.25, 0.3) is 0 Å². The Balaban J connectivity index is 1.15. The summed E-state index contributed by atoms with van der Waals surface area (Å²) >= 11 is 0. The van der Waals surface area contributed by atoms with Crippen LogP contribution in [-0.4, -0.2) is 9.55 Å². The van der Waals surface area contributed by atoms with E-state index in [0.717, 1.165) is 61.4 Å². The molecule has 0 fully saturated rings.